The van der Waals surface area contributed by atoms with E-state index in [4.69, 9.17) is 0 Å². The van der Waals surface area contributed by atoms with E-state index in [0.717, 1.165) is 5.57 Å². The number of aliphatic hydroxyl groups is 1. The topological polar surface area (TPSA) is 23.5 Å². The van der Waals surface area contributed by atoms with Gasteiger partial charge in [0.15, 0.2) is 0 Å². The van der Waals surface area contributed by atoms with Gasteiger partial charge in [0.05, 0.1) is 12.3 Å². The maximum Gasteiger partial charge on any atom is 0.146 e. The Kier molecular flexibility index (Phi) is 4.50. The first-order chi connectivity index (χ1) is 7.60. The van der Waals surface area contributed by atoms with E-state index in [-0.39, 0.29) is 12.4 Å². The van der Waals surface area contributed by atoms with Gasteiger partial charge in [-0.25, -0.2) is 4.39 Å². The van der Waals surface area contributed by atoms with Crippen LogP contribution in [0.25, 0.3) is 0 Å². The summed E-state index contributed by atoms with van der Waals surface area (Å²) in [5.41, 5.74) is 2.06. The van der Waals surface area contributed by atoms with Crippen molar-refractivity contribution in [2.45, 2.75) is 20.5 Å². The average Bonchev–Trinajstić information content (AvgIpc) is 2.25. The van der Waals surface area contributed by atoms with Crippen LogP contribution in [-0.4, -0.2) is 18.2 Å². The number of likely N-dealkylation sites (N-methyl/N-ethyl adjacent to an activating group) is 1. The number of anilines is 1. The number of benzene rings is 1. The van der Waals surface area contributed by atoms with Gasteiger partial charge in [-0.1, -0.05) is 24.3 Å². The van der Waals surface area contributed by atoms with Gasteiger partial charge in [-0.15, -0.1) is 0 Å². The molecular weight excluding hydrogens is 205 g/mol. The van der Waals surface area contributed by atoms with E-state index in [0.29, 0.717) is 24.3 Å². The monoisotopic (exact) mass is 223 g/mol. The lowest BCUT2D eigenvalue weighted by molar-refractivity contribution is 0.281. The molecule has 0 unspecified atom stereocenters. The molecule has 0 saturated heterocycles. The van der Waals surface area contributed by atoms with Crippen molar-refractivity contribution in [3.05, 3.63) is 41.7 Å². The van der Waals surface area contributed by atoms with Crippen molar-refractivity contribution in [3.8, 4) is 0 Å². The molecule has 0 radical (unpaired) electrons. The SMILES string of the molecule is C=C(C)CN(CC)c1c(F)cccc1CO. The lowest BCUT2D eigenvalue weighted by Crippen LogP contribution is -2.26. The van der Waals surface area contributed by atoms with Gasteiger partial charge in [-0.2, -0.15) is 0 Å². The smallest absolute Gasteiger partial charge is 0.146 e. The van der Waals surface area contributed by atoms with Gasteiger partial charge in [0.1, 0.15) is 5.82 Å². The van der Waals surface area contributed by atoms with Crippen molar-refractivity contribution < 1.29 is 9.50 Å². The van der Waals surface area contributed by atoms with Gasteiger partial charge in [0, 0.05) is 18.7 Å². The number of aliphatic hydroxyl groups excluding tert-OH is 1. The van der Waals surface area contributed by atoms with Crippen molar-refractivity contribution in [1.29, 1.82) is 0 Å². The number of hydrogen-bond acceptors (Lipinski definition) is 2. The van der Waals surface area contributed by atoms with Crippen LogP contribution < -0.4 is 4.90 Å². The Bertz CT molecular complexity index is 376. The summed E-state index contributed by atoms with van der Waals surface area (Å²) in [5, 5.41) is 9.21. The van der Waals surface area contributed by atoms with Crippen LogP contribution in [0.5, 0.6) is 0 Å². The molecule has 0 spiro atoms. The molecule has 2 nitrogen and oxygen atoms in total. The third kappa shape index (κ3) is 2.83. The van der Waals surface area contributed by atoms with E-state index in [1.807, 2.05) is 18.7 Å². The second kappa shape index (κ2) is 5.66. The highest BCUT2D eigenvalue weighted by Crippen LogP contribution is 2.25. The van der Waals surface area contributed by atoms with E-state index in [2.05, 4.69) is 6.58 Å². The summed E-state index contributed by atoms with van der Waals surface area (Å²) < 4.78 is 13.7. The molecule has 0 amide bonds. The van der Waals surface area contributed by atoms with Gasteiger partial charge >= 0.3 is 0 Å². The molecule has 16 heavy (non-hydrogen) atoms. The number of hydrogen-bond donors (Lipinski definition) is 1. The van der Waals surface area contributed by atoms with Gasteiger partial charge in [-0.3, -0.25) is 0 Å². The van der Waals surface area contributed by atoms with Crippen molar-refractivity contribution in [2.75, 3.05) is 18.0 Å². The highest BCUT2D eigenvalue weighted by atomic mass is 19.1. The molecule has 0 fully saturated rings. The summed E-state index contributed by atoms with van der Waals surface area (Å²) in [6.45, 7) is 8.82. The Labute approximate surface area is 96.0 Å². The zero-order valence-corrected chi connectivity index (χ0v) is 9.83. The molecule has 1 aromatic carbocycles. The highest BCUT2D eigenvalue weighted by molar-refractivity contribution is 5.55. The second-order valence-corrected chi connectivity index (χ2v) is 3.88. The fourth-order valence-electron chi connectivity index (χ4n) is 1.72. The van der Waals surface area contributed by atoms with Crippen LogP contribution in [0.1, 0.15) is 19.4 Å². The Morgan fingerprint density at radius 3 is 2.69 bits per heavy atom. The normalized spacial score (nSPS) is 10.2. The summed E-state index contributed by atoms with van der Waals surface area (Å²) in [4.78, 5) is 1.88. The molecule has 0 aliphatic carbocycles. The van der Waals surface area contributed by atoms with E-state index < -0.39 is 0 Å². The molecule has 3 heteroatoms. The zero-order chi connectivity index (χ0) is 12.1. The Morgan fingerprint density at radius 1 is 1.50 bits per heavy atom. The predicted octanol–water partition coefficient (Wildman–Crippen LogP) is 2.72. The van der Waals surface area contributed by atoms with E-state index >= 15 is 0 Å². The standard InChI is InChI=1S/C13H18FNO/c1-4-15(8-10(2)3)13-11(9-16)6-5-7-12(13)14/h5-7,16H,2,4,8-9H2,1,3H3. The molecular formula is C13H18FNO. The summed E-state index contributed by atoms with van der Waals surface area (Å²) in [7, 11) is 0. The summed E-state index contributed by atoms with van der Waals surface area (Å²) in [6, 6.07) is 4.76. The first kappa shape index (κ1) is 12.7. The van der Waals surface area contributed by atoms with E-state index in [9.17, 15) is 9.50 Å². The highest BCUT2D eigenvalue weighted by Gasteiger charge is 2.14. The Balaban J connectivity index is 3.12. The Hall–Kier alpha value is -1.35. The second-order valence-electron chi connectivity index (χ2n) is 3.88. The minimum absolute atomic E-state index is 0.153. The number of para-hydroxylation sites is 1. The lowest BCUT2D eigenvalue weighted by Gasteiger charge is -2.25. The molecule has 0 saturated carbocycles. The molecule has 1 aromatic rings. The zero-order valence-electron chi connectivity index (χ0n) is 9.83. The van der Waals surface area contributed by atoms with Crippen LogP contribution in [0.3, 0.4) is 0 Å². The van der Waals surface area contributed by atoms with Crippen LogP contribution in [0.2, 0.25) is 0 Å². The van der Waals surface area contributed by atoms with Crippen LogP contribution in [0.4, 0.5) is 10.1 Å². The first-order valence-corrected chi connectivity index (χ1v) is 5.37. The first-order valence-electron chi connectivity index (χ1n) is 5.37. The van der Waals surface area contributed by atoms with Crippen LogP contribution in [0.15, 0.2) is 30.4 Å². The number of halogens is 1. The van der Waals surface area contributed by atoms with Crippen LogP contribution in [-0.2, 0) is 6.61 Å². The number of nitrogens with zero attached hydrogens (tertiary/aromatic N) is 1. The molecule has 0 aliphatic heterocycles. The van der Waals surface area contributed by atoms with Crippen molar-refractivity contribution in [3.63, 3.8) is 0 Å². The maximum absolute atomic E-state index is 13.7. The molecule has 0 atom stereocenters. The van der Waals surface area contributed by atoms with E-state index in [1.165, 1.54) is 6.07 Å². The van der Waals surface area contributed by atoms with Gasteiger partial charge in [0.25, 0.3) is 0 Å². The molecule has 0 heterocycles. The summed E-state index contributed by atoms with van der Waals surface area (Å²) in [6.07, 6.45) is 0. The van der Waals surface area contributed by atoms with Gasteiger partial charge in [0.2, 0.25) is 0 Å². The molecule has 0 aliphatic rings. The summed E-state index contributed by atoms with van der Waals surface area (Å²) >= 11 is 0. The van der Waals surface area contributed by atoms with Crippen molar-refractivity contribution in [2.24, 2.45) is 0 Å². The predicted molar refractivity (Wildman–Crippen MR) is 65.0 cm³/mol. The lowest BCUT2D eigenvalue weighted by atomic mass is 10.1. The van der Waals surface area contributed by atoms with E-state index in [1.54, 1.807) is 12.1 Å². The molecule has 1 rings (SSSR count). The minimum Gasteiger partial charge on any atom is -0.392 e. The number of rotatable bonds is 5. The largest absolute Gasteiger partial charge is 0.392 e. The average molecular weight is 223 g/mol. The van der Waals surface area contributed by atoms with Gasteiger partial charge in [-0.05, 0) is 19.9 Å². The van der Waals surface area contributed by atoms with Crippen LogP contribution >= 0.6 is 0 Å². The van der Waals surface area contributed by atoms with Crippen molar-refractivity contribution >= 4 is 5.69 Å². The molecule has 0 bridgehead atoms. The van der Waals surface area contributed by atoms with Crippen LogP contribution in [0, 0.1) is 5.82 Å². The third-order valence-electron chi connectivity index (χ3n) is 2.40. The maximum atomic E-state index is 13.7. The fourth-order valence-corrected chi connectivity index (χ4v) is 1.72. The fraction of sp³-hybridized carbons (Fsp3) is 0.385. The summed E-state index contributed by atoms with van der Waals surface area (Å²) in [5.74, 6) is -0.297. The van der Waals surface area contributed by atoms with Crippen molar-refractivity contribution in [1.82, 2.24) is 0 Å². The third-order valence-corrected chi connectivity index (χ3v) is 2.40. The minimum atomic E-state index is -0.297. The Morgan fingerprint density at radius 2 is 2.19 bits per heavy atom. The quantitative estimate of drug-likeness (QED) is 0.776. The van der Waals surface area contributed by atoms with Gasteiger partial charge < -0.3 is 10.0 Å². The molecule has 1 N–H and O–H groups in total. The molecule has 88 valence electrons. The molecule has 0 aromatic heterocycles.